The van der Waals surface area contributed by atoms with Gasteiger partial charge in [-0.25, -0.2) is 0 Å². The number of pyridine rings is 1. The molecule has 1 aliphatic rings. The van der Waals surface area contributed by atoms with Crippen LogP contribution in [0.5, 0.6) is 0 Å². The van der Waals surface area contributed by atoms with Crippen molar-refractivity contribution in [1.82, 2.24) is 19.4 Å². The van der Waals surface area contributed by atoms with Crippen molar-refractivity contribution in [1.29, 1.82) is 0 Å². The molecule has 3 heterocycles. The summed E-state index contributed by atoms with van der Waals surface area (Å²) in [5.41, 5.74) is 6.45. The third kappa shape index (κ3) is 4.10. The van der Waals surface area contributed by atoms with Gasteiger partial charge in [0.05, 0.1) is 5.56 Å². The van der Waals surface area contributed by atoms with Crippen LogP contribution >= 0.6 is 0 Å². The quantitative estimate of drug-likeness (QED) is 0.683. The van der Waals surface area contributed by atoms with Crippen molar-refractivity contribution in [3.05, 3.63) is 82.9 Å². The van der Waals surface area contributed by atoms with Crippen LogP contribution in [-0.2, 0) is 6.54 Å². The van der Waals surface area contributed by atoms with Crippen molar-refractivity contribution in [3.8, 4) is 5.69 Å². The van der Waals surface area contributed by atoms with E-state index in [0.29, 0.717) is 0 Å². The average Bonchev–Trinajstić information content (AvgIpc) is 3.03. The highest BCUT2D eigenvalue weighted by Gasteiger charge is 2.25. The number of carbonyl (C=O) groups is 1. The van der Waals surface area contributed by atoms with Crippen LogP contribution in [0.25, 0.3) is 5.69 Å². The molecule has 1 aliphatic heterocycles. The standard InChI is InChI=1S/C24H28N4O/c1-18-6-4-8-22(14-18)28-19(2)15-23(20(28)3)24(29)27-12-10-26(11-13-27)17-21-7-5-9-25-16-21/h4-9,14-16H,10-13,17H2,1-3H3. The Morgan fingerprint density at radius 3 is 2.48 bits per heavy atom. The van der Waals surface area contributed by atoms with Crippen LogP contribution in [0.15, 0.2) is 54.9 Å². The maximum Gasteiger partial charge on any atom is 0.255 e. The maximum absolute atomic E-state index is 13.2. The zero-order valence-corrected chi connectivity index (χ0v) is 17.4. The third-order valence-electron chi connectivity index (χ3n) is 5.71. The van der Waals surface area contributed by atoms with Crippen LogP contribution in [0.2, 0.25) is 0 Å². The predicted molar refractivity (Wildman–Crippen MR) is 115 cm³/mol. The van der Waals surface area contributed by atoms with Gasteiger partial charge in [-0.05, 0) is 56.2 Å². The van der Waals surface area contributed by atoms with E-state index in [1.165, 1.54) is 11.1 Å². The molecule has 1 saturated heterocycles. The molecular formula is C24H28N4O. The highest BCUT2D eigenvalue weighted by atomic mass is 16.2. The van der Waals surface area contributed by atoms with Gasteiger partial charge in [0.25, 0.3) is 5.91 Å². The number of aryl methyl sites for hydroxylation is 2. The fourth-order valence-corrected chi connectivity index (χ4v) is 4.17. The molecular weight excluding hydrogens is 360 g/mol. The lowest BCUT2D eigenvalue weighted by molar-refractivity contribution is 0.0627. The van der Waals surface area contributed by atoms with Crippen LogP contribution in [0.1, 0.15) is 32.9 Å². The van der Waals surface area contributed by atoms with Gasteiger partial charge in [0.2, 0.25) is 0 Å². The zero-order chi connectivity index (χ0) is 20.4. The first-order valence-electron chi connectivity index (χ1n) is 10.2. The van der Waals surface area contributed by atoms with E-state index in [4.69, 9.17) is 0 Å². The largest absolute Gasteiger partial charge is 0.336 e. The molecule has 2 aromatic heterocycles. The highest BCUT2D eigenvalue weighted by molar-refractivity contribution is 5.96. The first-order chi connectivity index (χ1) is 14.0. The molecule has 29 heavy (non-hydrogen) atoms. The molecule has 0 radical (unpaired) electrons. The second kappa shape index (κ2) is 8.21. The Morgan fingerprint density at radius 1 is 1.00 bits per heavy atom. The smallest absolute Gasteiger partial charge is 0.255 e. The van der Waals surface area contributed by atoms with Gasteiger partial charge in [-0.1, -0.05) is 18.2 Å². The Kier molecular flexibility index (Phi) is 5.49. The SMILES string of the molecule is Cc1cccc(-n2c(C)cc(C(=O)N3CCN(Cc4cccnc4)CC3)c2C)c1. The van der Waals surface area contributed by atoms with E-state index in [1.54, 1.807) is 6.20 Å². The number of piperazine rings is 1. The Bertz CT molecular complexity index is 1000. The molecule has 0 atom stereocenters. The summed E-state index contributed by atoms with van der Waals surface area (Å²) in [6.07, 6.45) is 3.71. The van der Waals surface area contributed by atoms with Crippen molar-refractivity contribution < 1.29 is 4.79 Å². The molecule has 0 unspecified atom stereocenters. The Morgan fingerprint density at radius 2 is 1.79 bits per heavy atom. The van der Waals surface area contributed by atoms with E-state index >= 15 is 0 Å². The van der Waals surface area contributed by atoms with E-state index in [1.807, 2.05) is 30.2 Å². The van der Waals surface area contributed by atoms with Crippen LogP contribution in [0.3, 0.4) is 0 Å². The summed E-state index contributed by atoms with van der Waals surface area (Å²) in [6, 6.07) is 14.5. The number of benzene rings is 1. The lowest BCUT2D eigenvalue weighted by Gasteiger charge is -2.34. The molecule has 0 spiro atoms. The van der Waals surface area contributed by atoms with Crippen molar-refractivity contribution in [2.24, 2.45) is 0 Å². The number of hydrogen-bond donors (Lipinski definition) is 0. The van der Waals surface area contributed by atoms with Gasteiger partial charge in [-0.3, -0.25) is 14.7 Å². The van der Waals surface area contributed by atoms with Crippen molar-refractivity contribution in [3.63, 3.8) is 0 Å². The second-order valence-corrected chi connectivity index (χ2v) is 7.89. The van der Waals surface area contributed by atoms with E-state index < -0.39 is 0 Å². The molecule has 0 bridgehead atoms. The van der Waals surface area contributed by atoms with Gasteiger partial charge in [-0.15, -0.1) is 0 Å². The van der Waals surface area contributed by atoms with Crippen molar-refractivity contribution in [2.75, 3.05) is 26.2 Å². The summed E-state index contributed by atoms with van der Waals surface area (Å²) in [4.78, 5) is 21.8. The molecule has 1 fully saturated rings. The van der Waals surface area contributed by atoms with Crippen LogP contribution in [0.4, 0.5) is 0 Å². The van der Waals surface area contributed by atoms with Gasteiger partial charge in [0.1, 0.15) is 0 Å². The summed E-state index contributed by atoms with van der Waals surface area (Å²) in [7, 11) is 0. The van der Waals surface area contributed by atoms with Gasteiger partial charge in [0.15, 0.2) is 0 Å². The Hall–Kier alpha value is -2.92. The number of carbonyl (C=O) groups excluding carboxylic acids is 1. The minimum atomic E-state index is 0.137. The van der Waals surface area contributed by atoms with Gasteiger partial charge in [0, 0.05) is 62.2 Å². The predicted octanol–water partition coefficient (Wildman–Crippen LogP) is 3.76. The number of hydrogen-bond acceptors (Lipinski definition) is 3. The summed E-state index contributed by atoms with van der Waals surface area (Å²) in [6.45, 7) is 10.4. The van der Waals surface area contributed by atoms with E-state index in [2.05, 4.69) is 58.6 Å². The van der Waals surface area contributed by atoms with Crippen LogP contribution in [0, 0.1) is 20.8 Å². The molecule has 5 heteroatoms. The summed E-state index contributed by atoms with van der Waals surface area (Å²) in [5.74, 6) is 0.137. The molecule has 1 amide bonds. The molecule has 150 valence electrons. The lowest BCUT2D eigenvalue weighted by atomic mass is 10.2. The number of aromatic nitrogens is 2. The van der Waals surface area contributed by atoms with E-state index in [0.717, 1.165) is 55.4 Å². The molecule has 4 rings (SSSR count). The van der Waals surface area contributed by atoms with E-state index in [-0.39, 0.29) is 5.91 Å². The minimum absolute atomic E-state index is 0.137. The zero-order valence-electron chi connectivity index (χ0n) is 17.4. The summed E-state index contributed by atoms with van der Waals surface area (Å²) < 4.78 is 2.18. The molecule has 0 saturated carbocycles. The molecule has 0 aliphatic carbocycles. The third-order valence-corrected chi connectivity index (χ3v) is 5.71. The Balaban J connectivity index is 1.46. The van der Waals surface area contributed by atoms with Crippen molar-refractivity contribution in [2.45, 2.75) is 27.3 Å². The van der Waals surface area contributed by atoms with Crippen LogP contribution in [-0.4, -0.2) is 51.4 Å². The maximum atomic E-state index is 13.2. The fraction of sp³-hybridized carbons (Fsp3) is 0.333. The van der Waals surface area contributed by atoms with E-state index in [9.17, 15) is 4.79 Å². The topological polar surface area (TPSA) is 41.4 Å². The molecule has 1 aromatic carbocycles. The van der Waals surface area contributed by atoms with Gasteiger partial charge >= 0.3 is 0 Å². The van der Waals surface area contributed by atoms with Gasteiger partial charge < -0.3 is 9.47 Å². The molecule has 5 nitrogen and oxygen atoms in total. The minimum Gasteiger partial charge on any atom is -0.336 e. The second-order valence-electron chi connectivity index (χ2n) is 7.89. The highest BCUT2D eigenvalue weighted by Crippen LogP contribution is 2.23. The number of nitrogens with zero attached hydrogens (tertiary/aromatic N) is 4. The van der Waals surface area contributed by atoms with Crippen molar-refractivity contribution >= 4 is 5.91 Å². The van der Waals surface area contributed by atoms with Crippen LogP contribution < -0.4 is 0 Å². The number of amides is 1. The monoisotopic (exact) mass is 388 g/mol. The summed E-state index contributed by atoms with van der Waals surface area (Å²) in [5, 5.41) is 0. The molecule has 3 aromatic rings. The summed E-state index contributed by atoms with van der Waals surface area (Å²) >= 11 is 0. The molecule has 0 N–H and O–H groups in total. The lowest BCUT2D eigenvalue weighted by Crippen LogP contribution is -2.48. The first-order valence-corrected chi connectivity index (χ1v) is 10.2. The van der Waals surface area contributed by atoms with Gasteiger partial charge in [-0.2, -0.15) is 0 Å². The number of rotatable bonds is 4. The Labute approximate surface area is 172 Å². The average molecular weight is 389 g/mol. The fourth-order valence-electron chi connectivity index (χ4n) is 4.17. The normalized spacial score (nSPS) is 14.9. The first kappa shape index (κ1) is 19.4.